The number of quaternary nitrogens is 1. The number of piperazine rings is 1. The molecule has 12 nitrogen and oxygen atoms in total. The summed E-state index contributed by atoms with van der Waals surface area (Å²) in [5.74, 6) is 0.347. The number of carbonyl (C=O) groups is 2. The van der Waals surface area contributed by atoms with E-state index in [1.165, 1.54) is 24.4 Å². The number of fused-ring (bicyclic) bond motifs is 1. The smallest absolute Gasteiger partial charge is 0.407 e. The van der Waals surface area contributed by atoms with Crippen LogP contribution in [0, 0.1) is 17.4 Å². The van der Waals surface area contributed by atoms with E-state index in [4.69, 9.17) is 10.7 Å². The van der Waals surface area contributed by atoms with Crippen LogP contribution in [0.2, 0.25) is 0 Å². The number of methoxy groups -OCH3 is 1. The van der Waals surface area contributed by atoms with Gasteiger partial charge in [-0.05, 0) is 23.6 Å². The van der Waals surface area contributed by atoms with Gasteiger partial charge in [0.05, 0.1) is 38.3 Å². The van der Waals surface area contributed by atoms with Crippen molar-refractivity contribution in [2.24, 2.45) is 16.6 Å². The predicted molar refractivity (Wildman–Crippen MR) is 135 cm³/mol. The maximum atomic E-state index is 11.7. The van der Waals surface area contributed by atoms with Crippen molar-refractivity contribution in [2.75, 3.05) is 38.2 Å². The molecule has 3 heterocycles. The summed E-state index contributed by atoms with van der Waals surface area (Å²) in [6.07, 6.45) is 4.94. The molecule has 2 atom stereocenters. The zero-order valence-corrected chi connectivity index (χ0v) is 21.2. The van der Waals surface area contributed by atoms with Crippen LogP contribution in [0.3, 0.4) is 0 Å². The lowest BCUT2D eigenvalue weighted by Gasteiger charge is -2.45. The Kier molecular flexibility index (Phi) is 7.26. The maximum absolute atomic E-state index is 11.7. The van der Waals surface area contributed by atoms with E-state index in [-0.39, 0.29) is 28.1 Å². The molecule has 0 bridgehead atoms. The lowest BCUT2D eigenvalue weighted by Crippen LogP contribution is -2.69. The Morgan fingerprint density at radius 2 is 2.08 bits per heavy atom. The zero-order valence-electron chi connectivity index (χ0n) is 21.2. The monoisotopic (exact) mass is 507 g/mol. The highest BCUT2D eigenvalue weighted by molar-refractivity contribution is 5.86. The molecular formula is C25H31N8O4+. The largest absolute Gasteiger partial charge is 0.465 e. The number of nitrogens with zero attached hydrogens (tertiary/aromatic N) is 7. The molecule has 2 aliphatic heterocycles. The first kappa shape index (κ1) is 25.8. The summed E-state index contributed by atoms with van der Waals surface area (Å²) in [6.45, 7) is 6.13. The van der Waals surface area contributed by atoms with Gasteiger partial charge in [0, 0.05) is 19.0 Å². The average Bonchev–Trinajstić information content (AvgIpc) is 2.92. The van der Waals surface area contributed by atoms with Crippen LogP contribution < -0.4 is 10.6 Å². The number of carboxylic acid groups (broad SMARTS) is 1. The van der Waals surface area contributed by atoms with Crippen LogP contribution in [0.5, 0.6) is 0 Å². The summed E-state index contributed by atoms with van der Waals surface area (Å²) >= 11 is 0. The summed E-state index contributed by atoms with van der Waals surface area (Å²) in [6, 6.07) is 5.39. The summed E-state index contributed by atoms with van der Waals surface area (Å²) in [4.78, 5) is 39.8. The molecule has 2 aliphatic rings. The number of amides is 1. The fourth-order valence-corrected chi connectivity index (χ4v) is 5.05. The number of ether oxygens (including phenoxy) is 1. The van der Waals surface area contributed by atoms with Gasteiger partial charge < -0.3 is 25.4 Å². The topological polar surface area (TPSA) is 158 Å². The molecule has 1 fully saturated rings. The first-order chi connectivity index (χ1) is 17.7. The van der Waals surface area contributed by atoms with Crippen LogP contribution in [0.4, 0.5) is 16.3 Å². The van der Waals surface area contributed by atoms with Crippen molar-refractivity contribution >= 4 is 29.5 Å². The van der Waals surface area contributed by atoms with Gasteiger partial charge in [-0.3, -0.25) is 0 Å². The highest BCUT2D eigenvalue weighted by Gasteiger charge is 2.49. The number of aliphatic imine (C=N–C) groups is 1. The van der Waals surface area contributed by atoms with E-state index >= 15 is 0 Å². The van der Waals surface area contributed by atoms with Crippen LogP contribution in [0.15, 0.2) is 35.6 Å². The molecule has 12 heteroatoms. The average molecular weight is 508 g/mol. The quantitative estimate of drug-likeness (QED) is 0.208. The Balaban J connectivity index is 1.62. The molecule has 4 rings (SSSR count). The van der Waals surface area contributed by atoms with E-state index in [2.05, 4.69) is 20.9 Å². The van der Waals surface area contributed by atoms with Gasteiger partial charge in [-0.1, -0.05) is 26.0 Å². The molecule has 1 aromatic heterocycles. The first-order valence-corrected chi connectivity index (χ1v) is 12.1. The number of guanidine groups is 1. The number of aromatic nitrogens is 2. The van der Waals surface area contributed by atoms with Crippen molar-refractivity contribution in [3.63, 3.8) is 0 Å². The first-order valence-electron chi connectivity index (χ1n) is 12.1. The van der Waals surface area contributed by atoms with Gasteiger partial charge >= 0.3 is 24.2 Å². The molecule has 0 radical (unpaired) electrons. The molecule has 0 saturated carbocycles. The molecule has 1 amide bonds. The standard InChI is InChI=1S/C25H30N8O4/c1-16(2)21-14-31(22-12-28-20(11-29-22)23(34)37-3)9-10-33(21,15-26)24(27)30-19-6-4-5-17-13-32(25(35)36)8-7-18(17)19/h4-6,11-12,16,21H,7-10,13-14H2,1-3H3,(H2-,27,30,35,36)/p+1. The molecule has 2 unspecified atom stereocenters. The summed E-state index contributed by atoms with van der Waals surface area (Å²) in [5, 5.41) is 19.8. The van der Waals surface area contributed by atoms with E-state index in [0.29, 0.717) is 50.6 Å². The Bertz CT molecular complexity index is 1260. The van der Waals surface area contributed by atoms with Crippen molar-refractivity contribution in [3.8, 4) is 6.19 Å². The number of carbonyl (C=O) groups excluding carboxylic acids is 1. The predicted octanol–water partition coefficient (Wildman–Crippen LogP) is 2.09. The second kappa shape index (κ2) is 10.4. The van der Waals surface area contributed by atoms with Gasteiger partial charge in [0.25, 0.3) is 0 Å². The molecule has 194 valence electrons. The Morgan fingerprint density at radius 3 is 2.70 bits per heavy atom. The van der Waals surface area contributed by atoms with Crippen molar-refractivity contribution < 1.29 is 23.9 Å². The lowest BCUT2D eigenvalue weighted by molar-refractivity contribution is -0.809. The van der Waals surface area contributed by atoms with E-state index in [1.54, 1.807) is 0 Å². The zero-order chi connectivity index (χ0) is 26.7. The lowest BCUT2D eigenvalue weighted by atomic mass is 9.96. The van der Waals surface area contributed by atoms with Gasteiger partial charge in [-0.2, -0.15) is 9.48 Å². The minimum Gasteiger partial charge on any atom is -0.465 e. The minimum atomic E-state index is -0.949. The normalized spacial score (nSPS) is 21.8. The third-order valence-electron chi connectivity index (χ3n) is 7.16. The Hall–Kier alpha value is -4.24. The highest BCUT2D eigenvalue weighted by atomic mass is 16.5. The second-order valence-electron chi connectivity index (χ2n) is 9.54. The highest BCUT2D eigenvalue weighted by Crippen LogP contribution is 2.32. The number of benzene rings is 1. The molecule has 0 spiro atoms. The molecule has 2 aromatic rings. The van der Waals surface area contributed by atoms with Gasteiger partial charge in [0.1, 0.15) is 18.4 Å². The minimum absolute atomic E-state index is 0.0901. The van der Waals surface area contributed by atoms with Gasteiger partial charge in [-0.25, -0.2) is 19.6 Å². The number of esters is 1. The molecule has 1 saturated heterocycles. The number of nitrogens with two attached hydrogens (primary N) is 1. The molecule has 1 aromatic carbocycles. The van der Waals surface area contributed by atoms with E-state index in [0.717, 1.165) is 11.1 Å². The summed E-state index contributed by atoms with van der Waals surface area (Å²) < 4.78 is 4.56. The van der Waals surface area contributed by atoms with E-state index < -0.39 is 12.1 Å². The summed E-state index contributed by atoms with van der Waals surface area (Å²) in [7, 11) is 1.29. The number of anilines is 1. The van der Waals surface area contributed by atoms with E-state index in [1.807, 2.05) is 36.9 Å². The molecule has 0 aliphatic carbocycles. The molecule has 37 heavy (non-hydrogen) atoms. The number of hydrogen-bond donors (Lipinski definition) is 2. The van der Waals surface area contributed by atoms with E-state index in [9.17, 15) is 20.0 Å². The van der Waals surface area contributed by atoms with Crippen molar-refractivity contribution in [1.29, 1.82) is 5.26 Å². The number of nitriles is 1. The molecule has 3 N–H and O–H groups in total. The number of hydrogen-bond acceptors (Lipinski definition) is 8. The second-order valence-corrected chi connectivity index (χ2v) is 9.54. The van der Waals surface area contributed by atoms with Gasteiger partial charge in [0.2, 0.25) is 0 Å². The fourth-order valence-electron chi connectivity index (χ4n) is 5.05. The summed E-state index contributed by atoms with van der Waals surface area (Å²) in [5.41, 5.74) is 9.26. The van der Waals surface area contributed by atoms with Crippen LogP contribution in [0.1, 0.15) is 35.5 Å². The maximum Gasteiger partial charge on any atom is 0.407 e. The van der Waals surface area contributed by atoms with Crippen LogP contribution in [-0.4, -0.2) is 81.8 Å². The Labute approximate surface area is 215 Å². The molecular weight excluding hydrogens is 476 g/mol. The van der Waals surface area contributed by atoms with Crippen LogP contribution in [0.25, 0.3) is 0 Å². The van der Waals surface area contributed by atoms with Crippen LogP contribution in [-0.2, 0) is 17.7 Å². The fraction of sp³-hybridized carbons (Fsp3) is 0.440. The third-order valence-corrected chi connectivity index (χ3v) is 7.16. The van der Waals surface area contributed by atoms with Crippen molar-refractivity contribution in [2.45, 2.75) is 32.9 Å². The van der Waals surface area contributed by atoms with Gasteiger partial charge in [-0.15, -0.1) is 5.26 Å². The third kappa shape index (κ3) is 4.90. The Morgan fingerprint density at radius 1 is 1.30 bits per heavy atom. The van der Waals surface area contributed by atoms with Crippen LogP contribution >= 0.6 is 0 Å². The SMILES string of the molecule is COC(=O)c1cnc(N2CC[N+](C#N)(C(N)=Nc3cccc4c3CCN(C(=O)O)C4)C(C(C)C)C2)cn1. The number of rotatable bonds is 4. The van der Waals surface area contributed by atoms with Gasteiger partial charge in [0.15, 0.2) is 5.69 Å². The van der Waals surface area contributed by atoms with Crippen molar-refractivity contribution in [3.05, 3.63) is 47.4 Å². The van der Waals surface area contributed by atoms with Crippen molar-refractivity contribution in [1.82, 2.24) is 14.9 Å².